The lowest BCUT2D eigenvalue weighted by molar-refractivity contribution is 0.0519. The van der Waals surface area contributed by atoms with Crippen LogP contribution in [0.2, 0.25) is 0 Å². The van der Waals surface area contributed by atoms with E-state index in [4.69, 9.17) is 0 Å². The van der Waals surface area contributed by atoms with Gasteiger partial charge in [0.1, 0.15) is 0 Å². The molecular formula is C23H31FN6O3. The highest BCUT2D eigenvalue weighted by Gasteiger charge is 2.40. The number of rotatable bonds is 5. The third-order valence-corrected chi connectivity index (χ3v) is 6.43. The van der Waals surface area contributed by atoms with E-state index < -0.39 is 17.4 Å². The molecule has 178 valence electrons. The monoisotopic (exact) mass is 458 g/mol. The van der Waals surface area contributed by atoms with E-state index in [0.29, 0.717) is 30.6 Å². The van der Waals surface area contributed by atoms with Crippen LogP contribution >= 0.6 is 0 Å². The molecule has 0 unspecified atom stereocenters. The number of carbonyl (C=O) groups excluding carboxylic acids is 1. The Bertz CT molecular complexity index is 1080. The number of aryl methyl sites for hydroxylation is 1. The summed E-state index contributed by atoms with van der Waals surface area (Å²) < 4.78 is 17.2. The number of pyridine rings is 1. The SMILES string of the molecule is CCn1cc(-c2nc(N[C@@H]3CCCC[C@H]3N(C(=O)O)C(C)(C)C)c(F)c3c2C(=O)NC3)cn1. The molecule has 0 bridgehead atoms. The maximum Gasteiger partial charge on any atom is 0.408 e. The van der Waals surface area contributed by atoms with Gasteiger partial charge < -0.3 is 15.7 Å². The third-order valence-electron chi connectivity index (χ3n) is 6.43. The number of amides is 2. The molecule has 2 aromatic heterocycles. The van der Waals surface area contributed by atoms with Crippen molar-refractivity contribution in [2.75, 3.05) is 5.32 Å². The number of carbonyl (C=O) groups is 2. The van der Waals surface area contributed by atoms with E-state index in [1.807, 2.05) is 27.7 Å². The van der Waals surface area contributed by atoms with Gasteiger partial charge in [-0.25, -0.2) is 14.2 Å². The Kier molecular flexibility index (Phi) is 6.02. The van der Waals surface area contributed by atoms with Crippen molar-refractivity contribution in [3.05, 3.63) is 29.3 Å². The van der Waals surface area contributed by atoms with Crippen molar-refractivity contribution in [3.8, 4) is 11.3 Å². The summed E-state index contributed by atoms with van der Waals surface area (Å²) in [5.41, 5.74) is 0.913. The molecule has 0 radical (unpaired) electrons. The lowest BCUT2D eigenvalue weighted by atomic mass is 9.86. The van der Waals surface area contributed by atoms with E-state index >= 15 is 4.39 Å². The van der Waals surface area contributed by atoms with Crippen LogP contribution in [0.1, 0.15) is 69.3 Å². The zero-order valence-electron chi connectivity index (χ0n) is 19.5. The van der Waals surface area contributed by atoms with Gasteiger partial charge in [-0.05, 0) is 40.5 Å². The van der Waals surface area contributed by atoms with Crippen LogP contribution in [-0.2, 0) is 13.1 Å². The molecule has 2 atom stereocenters. The number of fused-ring (bicyclic) bond motifs is 1. The van der Waals surface area contributed by atoms with Crippen molar-refractivity contribution in [2.45, 2.75) is 84.1 Å². The van der Waals surface area contributed by atoms with Crippen LogP contribution in [0, 0.1) is 5.82 Å². The first-order valence-electron chi connectivity index (χ1n) is 11.4. The van der Waals surface area contributed by atoms with Gasteiger partial charge in [0.2, 0.25) is 0 Å². The fourth-order valence-electron chi connectivity index (χ4n) is 4.93. The number of hydrogen-bond donors (Lipinski definition) is 3. The first kappa shape index (κ1) is 23.0. The fraction of sp³-hybridized carbons (Fsp3) is 0.565. The van der Waals surface area contributed by atoms with Crippen molar-refractivity contribution in [3.63, 3.8) is 0 Å². The second-order valence-electron chi connectivity index (χ2n) is 9.67. The van der Waals surface area contributed by atoms with E-state index in [1.165, 1.54) is 4.90 Å². The lowest BCUT2D eigenvalue weighted by Gasteiger charge is -2.45. The van der Waals surface area contributed by atoms with Crippen LogP contribution in [0.5, 0.6) is 0 Å². The minimum absolute atomic E-state index is 0.0423. The Labute approximate surface area is 192 Å². The zero-order valence-corrected chi connectivity index (χ0v) is 19.5. The summed E-state index contributed by atoms with van der Waals surface area (Å²) in [7, 11) is 0. The first-order valence-corrected chi connectivity index (χ1v) is 11.4. The summed E-state index contributed by atoms with van der Waals surface area (Å²) in [5, 5.41) is 20.1. The normalized spacial score (nSPS) is 20.3. The Morgan fingerprint density at radius 2 is 2.09 bits per heavy atom. The maximum atomic E-state index is 15.5. The first-order chi connectivity index (χ1) is 15.6. The van der Waals surface area contributed by atoms with Crippen molar-refractivity contribution < 1.29 is 19.1 Å². The molecule has 3 N–H and O–H groups in total. The molecule has 1 aliphatic heterocycles. The van der Waals surface area contributed by atoms with Crippen LogP contribution in [0.3, 0.4) is 0 Å². The van der Waals surface area contributed by atoms with E-state index in [2.05, 4.69) is 20.7 Å². The minimum atomic E-state index is -0.994. The molecular weight excluding hydrogens is 427 g/mol. The zero-order chi connectivity index (χ0) is 23.9. The maximum absolute atomic E-state index is 15.5. The molecule has 0 saturated heterocycles. The Morgan fingerprint density at radius 3 is 2.73 bits per heavy atom. The van der Waals surface area contributed by atoms with E-state index in [1.54, 1.807) is 17.1 Å². The van der Waals surface area contributed by atoms with Gasteiger partial charge >= 0.3 is 6.09 Å². The number of nitrogens with one attached hydrogen (secondary N) is 2. The molecule has 2 amide bonds. The van der Waals surface area contributed by atoms with Gasteiger partial charge in [-0.2, -0.15) is 5.10 Å². The average molecular weight is 459 g/mol. The standard InChI is InChI=1S/C23H31FN6O3/c1-5-29-12-13(10-26-29)19-17-14(11-25-21(17)31)18(24)20(28-19)27-15-8-6-7-9-16(15)30(22(32)33)23(2,3)4/h10,12,15-16H,5-9,11H2,1-4H3,(H,25,31)(H,27,28)(H,32,33)/t15-,16-/m1/s1. The molecule has 1 aliphatic carbocycles. The molecule has 4 rings (SSSR count). The van der Waals surface area contributed by atoms with Crippen molar-refractivity contribution in [1.82, 2.24) is 25.0 Å². The lowest BCUT2D eigenvalue weighted by Crippen LogP contribution is -2.58. The quantitative estimate of drug-likeness (QED) is 0.627. The number of anilines is 1. The second-order valence-corrected chi connectivity index (χ2v) is 9.67. The molecule has 2 aromatic rings. The van der Waals surface area contributed by atoms with Gasteiger partial charge in [0.25, 0.3) is 5.91 Å². The number of halogens is 1. The van der Waals surface area contributed by atoms with Gasteiger partial charge in [-0.3, -0.25) is 14.4 Å². The van der Waals surface area contributed by atoms with Crippen LogP contribution in [0.15, 0.2) is 12.4 Å². The number of aromatic nitrogens is 3. The Morgan fingerprint density at radius 1 is 1.36 bits per heavy atom. The number of hydrogen-bond acceptors (Lipinski definition) is 5. The van der Waals surface area contributed by atoms with E-state index in [9.17, 15) is 14.7 Å². The van der Waals surface area contributed by atoms with Crippen molar-refractivity contribution >= 4 is 17.8 Å². The molecule has 0 spiro atoms. The molecule has 33 heavy (non-hydrogen) atoms. The molecule has 9 nitrogen and oxygen atoms in total. The summed E-state index contributed by atoms with van der Waals surface area (Å²) in [6, 6.07) is -0.623. The number of carboxylic acid groups (broad SMARTS) is 1. The summed E-state index contributed by atoms with van der Waals surface area (Å²) in [6.07, 6.45) is 5.61. The predicted molar refractivity (Wildman–Crippen MR) is 122 cm³/mol. The second kappa shape index (κ2) is 8.64. The Hall–Kier alpha value is -3.17. The van der Waals surface area contributed by atoms with Gasteiger partial charge in [0, 0.05) is 42.0 Å². The van der Waals surface area contributed by atoms with Crippen LogP contribution < -0.4 is 10.6 Å². The summed E-state index contributed by atoms with van der Waals surface area (Å²) >= 11 is 0. The van der Waals surface area contributed by atoms with Gasteiger partial charge in [-0.15, -0.1) is 0 Å². The summed E-state index contributed by atoms with van der Waals surface area (Å²) in [4.78, 5) is 30.6. The van der Waals surface area contributed by atoms with Crippen LogP contribution in [-0.4, -0.2) is 54.4 Å². The molecule has 10 heteroatoms. The molecule has 2 aliphatic rings. The fourth-order valence-corrected chi connectivity index (χ4v) is 4.93. The van der Waals surface area contributed by atoms with Gasteiger partial charge in [-0.1, -0.05) is 12.8 Å². The highest BCUT2D eigenvalue weighted by Crippen LogP contribution is 2.35. The molecule has 0 aromatic carbocycles. The Balaban J connectivity index is 1.75. The molecule has 1 fully saturated rings. The molecule has 3 heterocycles. The minimum Gasteiger partial charge on any atom is -0.465 e. The van der Waals surface area contributed by atoms with E-state index in [-0.39, 0.29) is 41.5 Å². The van der Waals surface area contributed by atoms with Crippen LogP contribution in [0.4, 0.5) is 15.0 Å². The molecule has 1 saturated carbocycles. The van der Waals surface area contributed by atoms with E-state index in [0.717, 1.165) is 12.8 Å². The van der Waals surface area contributed by atoms with Crippen molar-refractivity contribution in [2.24, 2.45) is 0 Å². The summed E-state index contributed by atoms with van der Waals surface area (Å²) in [6.45, 7) is 8.28. The highest BCUT2D eigenvalue weighted by molar-refractivity contribution is 6.04. The third kappa shape index (κ3) is 4.26. The number of nitrogens with zero attached hydrogens (tertiary/aromatic N) is 4. The largest absolute Gasteiger partial charge is 0.465 e. The predicted octanol–water partition coefficient (Wildman–Crippen LogP) is 3.85. The smallest absolute Gasteiger partial charge is 0.408 e. The average Bonchev–Trinajstić information content (AvgIpc) is 3.37. The van der Waals surface area contributed by atoms with Gasteiger partial charge in [0.05, 0.1) is 23.5 Å². The van der Waals surface area contributed by atoms with Crippen molar-refractivity contribution in [1.29, 1.82) is 0 Å². The topological polar surface area (TPSA) is 112 Å². The summed E-state index contributed by atoms with van der Waals surface area (Å²) in [5.74, 6) is -0.889. The van der Waals surface area contributed by atoms with Gasteiger partial charge in [0.15, 0.2) is 11.6 Å². The van der Waals surface area contributed by atoms with Crippen LogP contribution in [0.25, 0.3) is 11.3 Å². The highest BCUT2D eigenvalue weighted by atomic mass is 19.1.